The van der Waals surface area contributed by atoms with E-state index in [1.807, 2.05) is 26.0 Å². The summed E-state index contributed by atoms with van der Waals surface area (Å²) >= 11 is 0. The Balaban J connectivity index is 1.63. The van der Waals surface area contributed by atoms with Gasteiger partial charge in [0, 0.05) is 41.4 Å². The summed E-state index contributed by atoms with van der Waals surface area (Å²) in [5.41, 5.74) is 4.87. The number of fused-ring (bicyclic) bond motifs is 1. The average Bonchev–Trinajstić information content (AvgIpc) is 2.98. The van der Waals surface area contributed by atoms with Crippen molar-refractivity contribution in [3.05, 3.63) is 65.2 Å². The van der Waals surface area contributed by atoms with Crippen molar-refractivity contribution < 1.29 is 9.00 Å². The minimum absolute atomic E-state index is 0.0531. The van der Waals surface area contributed by atoms with Crippen molar-refractivity contribution in [2.75, 3.05) is 10.7 Å². The van der Waals surface area contributed by atoms with Gasteiger partial charge in [-0.2, -0.15) is 0 Å². The number of rotatable bonds is 6. The van der Waals surface area contributed by atoms with Crippen LogP contribution in [0.5, 0.6) is 0 Å². The van der Waals surface area contributed by atoms with Gasteiger partial charge in [-0.1, -0.05) is 36.4 Å². The lowest BCUT2D eigenvalue weighted by atomic mass is 10.1. The predicted molar refractivity (Wildman–Crippen MR) is 103 cm³/mol. The van der Waals surface area contributed by atoms with Crippen molar-refractivity contribution in [1.82, 2.24) is 5.32 Å². The zero-order valence-electron chi connectivity index (χ0n) is 14.7. The fraction of sp³-hybridized carbons (Fsp3) is 0.350. The molecule has 0 spiro atoms. The molecule has 0 fully saturated rings. The summed E-state index contributed by atoms with van der Waals surface area (Å²) in [6, 6.07) is 16.7. The standard InChI is InChI=1S/C20H24N2O2S/c1-15(2)21-20(23)14-25(24)13-16-6-5-9-19(10-16)22-11-17-7-3-4-8-18(17)12-22/h3-10,15H,11-14H2,1-2H3,(H,21,23). The molecule has 1 heterocycles. The quantitative estimate of drug-likeness (QED) is 0.866. The molecule has 0 saturated heterocycles. The van der Waals surface area contributed by atoms with Gasteiger partial charge in [-0.25, -0.2) is 0 Å². The first kappa shape index (κ1) is 17.7. The summed E-state index contributed by atoms with van der Waals surface area (Å²) in [6.45, 7) is 5.61. The largest absolute Gasteiger partial charge is 0.363 e. The van der Waals surface area contributed by atoms with E-state index in [2.05, 4.69) is 46.6 Å². The molecule has 0 saturated carbocycles. The molecular formula is C20H24N2O2S. The van der Waals surface area contributed by atoms with Crippen LogP contribution in [0.25, 0.3) is 0 Å². The van der Waals surface area contributed by atoms with Gasteiger partial charge >= 0.3 is 0 Å². The zero-order chi connectivity index (χ0) is 17.8. The zero-order valence-corrected chi connectivity index (χ0v) is 15.5. The second-order valence-corrected chi connectivity index (χ2v) is 8.20. The van der Waals surface area contributed by atoms with Crippen molar-refractivity contribution in [1.29, 1.82) is 0 Å². The topological polar surface area (TPSA) is 49.4 Å². The van der Waals surface area contributed by atoms with Crippen molar-refractivity contribution in [3.8, 4) is 0 Å². The summed E-state index contributed by atoms with van der Waals surface area (Å²) in [6.07, 6.45) is 0. The average molecular weight is 356 g/mol. The Morgan fingerprint density at radius 1 is 1.12 bits per heavy atom. The van der Waals surface area contributed by atoms with Crippen molar-refractivity contribution in [2.45, 2.75) is 38.7 Å². The van der Waals surface area contributed by atoms with E-state index in [4.69, 9.17) is 0 Å². The lowest BCUT2D eigenvalue weighted by molar-refractivity contribution is -0.119. The molecule has 1 aliphatic heterocycles. The summed E-state index contributed by atoms with van der Waals surface area (Å²) in [5.74, 6) is 0.303. The molecule has 4 nitrogen and oxygen atoms in total. The summed E-state index contributed by atoms with van der Waals surface area (Å²) in [5, 5.41) is 2.79. The van der Waals surface area contributed by atoms with Gasteiger partial charge in [0.25, 0.3) is 0 Å². The fourth-order valence-corrected chi connectivity index (χ4v) is 4.13. The van der Waals surface area contributed by atoms with Gasteiger partial charge in [0.2, 0.25) is 5.91 Å². The van der Waals surface area contributed by atoms with Gasteiger partial charge in [0.15, 0.2) is 0 Å². The lowest BCUT2D eigenvalue weighted by Gasteiger charge is -2.18. The SMILES string of the molecule is CC(C)NC(=O)CS(=O)Cc1cccc(N2Cc3ccccc3C2)c1. The molecule has 132 valence electrons. The van der Waals surface area contributed by atoms with E-state index in [1.54, 1.807) is 0 Å². The smallest absolute Gasteiger partial charge is 0.232 e. The number of anilines is 1. The first-order valence-electron chi connectivity index (χ1n) is 8.56. The molecule has 2 aromatic rings. The van der Waals surface area contributed by atoms with Crippen LogP contribution in [0.1, 0.15) is 30.5 Å². The van der Waals surface area contributed by atoms with Gasteiger partial charge in [0.1, 0.15) is 5.75 Å². The predicted octanol–water partition coefficient (Wildman–Crippen LogP) is 2.98. The van der Waals surface area contributed by atoms with Crippen LogP contribution in [-0.4, -0.2) is 21.9 Å². The van der Waals surface area contributed by atoms with Crippen molar-refractivity contribution in [3.63, 3.8) is 0 Å². The Morgan fingerprint density at radius 2 is 1.80 bits per heavy atom. The number of amides is 1. The maximum absolute atomic E-state index is 12.3. The van der Waals surface area contributed by atoms with E-state index in [0.29, 0.717) is 5.75 Å². The van der Waals surface area contributed by atoms with Gasteiger partial charge in [-0.3, -0.25) is 9.00 Å². The first-order chi connectivity index (χ1) is 12.0. The highest BCUT2D eigenvalue weighted by Gasteiger charge is 2.19. The highest BCUT2D eigenvalue weighted by molar-refractivity contribution is 7.84. The minimum atomic E-state index is -1.20. The molecule has 1 aliphatic rings. The molecule has 0 aromatic heterocycles. The van der Waals surface area contributed by atoms with Crippen LogP contribution >= 0.6 is 0 Å². The molecule has 2 aromatic carbocycles. The number of nitrogens with zero attached hydrogens (tertiary/aromatic N) is 1. The number of hydrogen-bond donors (Lipinski definition) is 1. The highest BCUT2D eigenvalue weighted by atomic mass is 32.2. The molecule has 25 heavy (non-hydrogen) atoms. The molecule has 1 atom stereocenters. The molecule has 0 radical (unpaired) electrons. The fourth-order valence-electron chi connectivity index (χ4n) is 3.11. The maximum Gasteiger partial charge on any atom is 0.232 e. The molecule has 1 unspecified atom stereocenters. The normalized spacial score (nSPS) is 14.4. The second-order valence-electron chi connectivity index (χ2n) is 6.75. The number of carbonyl (C=O) groups is 1. The maximum atomic E-state index is 12.3. The molecule has 0 bridgehead atoms. The van der Waals surface area contributed by atoms with Crippen LogP contribution in [-0.2, 0) is 34.4 Å². The third-order valence-electron chi connectivity index (χ3n) is 4.19. The summed E-state index contributed by atoms with van der Waals surface area (Å²) in [4.78, 5) is 14.1. The minimum Gasteiger partial charge on any atom is -0.363 e. The highest BCUT2D eigenvalue weighted by Crippen LogP contribution is 2.28. The molecule has 1 N–H and O–H groups in total. The van der Waals surface area contributed by atoms with Gasteiger partial charge in [0.05, 0.1) is 0 Å². The monoisotopic (exact) mass is 356 g/mol. The van der Waals surface area contributed by atoms with Gasteiger partial charge < -0.3 is 10.2 Å². The number of carbonyl (C=O) groups excluding carboxylic acids is 1. The van der Waals surface area contributed by atoms with E-state index in [-0.39, 0.29) is 17.7 Å². The van der Waals surface area contributed by atoms with E-state index in [0.717, 1.165) is 24.3 Å². The van der Waals surface area contributed by atoms with Crippen molar-refractivity contribution >= 4 is 22.4 Å². The second kappa shape index (κ2) is 7.83. The Bertz CT molecular complexity index is 764. The third kappa shape index (κ3) is 4.69. The van der Waals surface area contributed by atoms with Gasteiger partial charge in [-0.15, -0.1) is 0 Å². The lowest BCUT2D eigenvalue weighted by Crippen LogP contribution is -2.33. The van der Waals surface area contributed by atoms with E-state index >= 15 is 0 Å². The summed E-state index contributed by atoms with van der Waals surface area (Å²) < 4.78 is 12.3. The Kier molecular flexibility index (Phi) is 5.53. The van der Waals surface area contributed by atoms with Crippen LogP contribution in [0.15, 0.2) is 48.5 Å². The first-order valence-corrected chi connectivity index (χ1v) is 10.0. The number of benzene rings is 2. The third-order valence-corrected chi connectivity index (χ3v) is 5.43. The van der Waals surface area contributed by atoms with Crippen LogP contribution in [0, 0.1) is 0 Å². The van der Waals surface area contributed by atoms with E-state index in [1.165, 1.54) is 11.1 Å². The number of nitrogens with one attached hydrogen (secondary N) is 1. The van der Waals surface area contributed by atoms with Gasteiger partial charge in [-0.05, 0) is 42.7 Å². The van der Waals surface area contributed by atoms with Crippen LogP contribution in [0.4, 0.5) is 5.69 Å². The van der Waals surface area contributed by atoms with Crippen LogP contribution in [0.3, 0.4) is 0 Å². The van der Waals surface area contributed by atoms with Crippen LogP contribution in [0.2, 0.25) is 0 Å². The Morgan fingerprint density at radius 3 is 2.44 bits per heavy atom. The van der Waals surface area contributed by atoms with E-state index in [9.17, 15) is 9.00 Å². The Labute approximate surface area is 151 Å². The van der Waals surface area contributed by atoms with Crippen LogP contribution < -0.4 is 10.2 Å². The van der Waals surface area contributed by atoms with Crippen molar-refractivity contribution in [2.24, 2.45) is 0 Å². The van der Waals surface area contributed by atoms with E-state index < -0.39 is 10.8 Å². The molecule has 5 heteroatoms. The molecule has 0 aliphatic carbocycles. The molecule has 3 rings (SSSR count). The summed E-state index contributed by atoms with van der Waals surface area (Å²) in [7, 11) is -1.20. The molecular weight excluding hydrogens is 332 g/mol. The molecule has 1 amide bonds. The number of hydrogen-bond acceptors (Lipinski definition) is 3. The Hall–Kier alpha value is -2.14.